The van der Waals surface area contributed by atoms with Crippen molar-refractivity contribution in [3.05, 3.63) is 34.9 Å². The Kier molecular flexibility index (Phi) is 4.38. The van der Waals surface area contributed by atoms with Gasteiger partial charge in [-0.15, -0.1) is 0 Å². The van der Waals surface area contributed by atoms with Gasteiger partial charge in [-0.05, 0) is 26.3 Å². The van der Waals surface area contributed by atoms with E-state index in [4.69, 9.17) is 9.47 Å². The third kappa shape index (κ3) is 2.88. The number of hydrogen-bond donors (Lipinski definition) is 0. The average molecular weight is 262 g/mol. The summed E-state index contributed by atoms with van der Waals surface area (Å²) in [6.45, 7) is 7.70. The molecule has 0 N–H and O–H groups in total. The Bertz CT molecular complexity index is 454. The Morgan fingerprint density at radius 1 is 1.32 bits per heavy atom. The van der Waals surface area contributed by atoms with E-state index in [1.165, 1.54) is 5.56 Å². The lowest BCUT2D eigenvalue weighted by Gasteiger charge is -2.35. The van der Waals surface area contributed by atoms with Gasteiger partial charge in [0.1, 0.15) is 5.60 Å². The van der Waals surface area contributed by atoms with Crippen LogP contribution < -0.4 is 0 Å². The molecule has 2 rings (SSSR count). The van der Waals surface area contributed by atoms with E-state index in [2.05, 4.69) is 0 Å². The molecule has 1 aromatic rings. The second-order valence-electron chi connectivity index (χ2n) is 5.19. The zero-order valence-electron chi connectivity index (χ0n) is 12.0. The van der Waals surface area contributed by atoms with Crippen molar-refractivity contribution in [1.82, 2.24) is 0 Å². The summed E-state index contributed by atoms with van der Waals surface area (Å²) in [5, 5.41) is 0. The van der Waals surface area contributed by atoms with E-state index in [0.29, 0.717) is 32.7 Å². The monoisotopic (exact) mass is 262 g/mol. The Morgan fingerprint density at radius 3 is 2.58 bits per heavy atom. The molecule has 1 aliphatic rings. The van der Waals surface area contributed by atoms with Crippen molar-refractivity contribution in [2.45, 2.75) is 39.2 Å². The van der Waals surface area contributed by atoms with Crippen LogP contribution in [0.4, 0.5) is 0 Å². The van der Waals surface area contributed by atoms with E-state index in [0.717, 1.165) is 11.1 Å². The first kappa shape index (κ1) is 14.2. The summed E-state index contributed by atoms with van der Waals surface area (Å²) < 4.78 is 11.2. The second kappa shape index (κ2) is 5.85. The summed E-state index contributed by atoms with van der Waals surface area (Å²) in [6, 6.07) is 5.95. The molecule has 0 aromatic heterocycles. The minimum Gasteiger partial charge on any atom is -0.381 e. The van der Waals surface area contributed by atoms with Crippen LogP contribution in [0.3, 0.4) is 0 Å². The van der Waals surface area contributed by atoms with Gasteiger partial charge in [0.15, 0.2) is 5.78 Å². The summed E-state index contributed by atoms with van der Waals surface area (Å²) in [5.74, 6) is 0.107. The molecule has 0 spiro atoms. The third-order valence-electron chi connectivity index (χ3n) is 3.76. The van der Waals surface area contributed by atoms with Crippen LogP contribution in [0.1, 0.15) is 41.3 Å². The van der Waals surface area contributed by atoms with Crippen LogP contribution in [0.15, 0.2) is 18.2 Å². The van der Waals surface area contributed by atoms with Crippen molar-refractivity contribution in [3.8, 4) is 0 Å². The highest BCUT2D eigenvalue weighted by Gasteiger charge is 2.41. The highest BCUT2D eigenvalue weighted by molar-refractivity contribution is 6.03. The van der Waals surface area contributed by atoms with Crippen molar-refractivity contribution in [3.63, 3.8) is 0 Å². The number of rotatable bonds is 4. The number of ketones is 1. The smallest absolute Gasteiger partial charge is 0.195 e. The maximum Gasteiger partial charge on any atom is 0.195 e. The van der Waals surface area contributed by atoms with Crippen LogP contribution >= 0.6 is 0 Å². The van der Waals surface area contributed by atoms with Crippen molar-refractivity contribution in [2.24, 2.45) is 0 Å². The fourth-order valence-electron chi connectivity index (χ4n) is 2.73. The summed E-state index contributed by atoms with van der Waals surface area (Å²) >= 11 is 0. The van der Waals surface area contributed by atoms with Crippen LogP contribution in [-0.2, 0) is 9.47 Å². The highest BCUT2D eigenvalue weighted by atomic mass is 16.5. The van der Waals surface area contributed by atoms with Crippen molar-refractivity contribution >= 4 is 5.78 Å². The molecular formula is C16H22O3. The summed E-state index contributed by atoms with van der Waals surface area (Å²) in [4.78, 5) is 12.9. The molecule has 1 aliphatic heterocycles. The van der Waals surface area contributed by atoms with Crippen LogP contribution in [0.25, 0.3) is 0 Å². The Hall–Kier alpha value is -1.19. The number of carbonyl (C=O) groups excluding carboxylic acids is 1. The molecule has 0 bridgehead atoms. The fourth-order valence-corrected chi connectivity index (χ4v) is 2.73. The predicted octanol–water partition coefficient (Wildman–Crippen LogP) is 3.07. The molecule has 0 amide bonds. The van der Waals surface area contributed by atoms with E-state index in [1.807, 2.05) is 39.0 Å². The van der Waals surface area contributed by atoms with E-state index in [9.17, 15) is 4.79 Å². The quantitative estimate of drug-likeness (QED) is 0.782. The molecule has 0 radical (unpaired) electrons. The topological polar surface area (TPSA) is 35.5 Å². The van der Waals surface area contributed by atoms with Crippen LogP contribution in [-0.4, -0.2) is 31.2 Å². The Labute approximate surface area is 114 Å². The molecule has 1 heterocycles. The van der Waals surface area contributed by atoms with Gasteiger partial charge in [-0.1, -0.05) is 23.8 Å². The first-order valence-electron chi connectivity index (χ1n) is 6.93. The van der Waals surface area contributed by atoms with Gasteiger partial charge in [0, 0.05) is 38.2 Å². The third-order valence-corrected chi connectivity index (χ3v) is 3.76. The van der Waals surface area contributed by atoms with Gasteiger partial charge >= 0.3 is 0 Å². The maximum atomic E-state index is 12.9. The summed E-state index contributed by atoms with van der Waals surface area (Å²) in [6.07, 6.45) is 1.29. The standard InChI is InChI=1S/C16H22O3/c1-4-19-16(7-9-18-10-8-16)15(17)14-6-5-12(2)11-13(14)3/h5-6,11H,4,7-10H2,1-3H3. The number of ether oxygens (including phenoxy) is 2. The van der Waals surface area contributed by atoms with Gasteiger partial charge < -0.3 is 9.47 Å². The van der Waals surface area contributed by atoms with Gasteiger partial charge in [-0.2, -0.15) is 0 Å². The zero-order valence-corrected chi connectivity index (χ0v) is 12.0. The Morgan fingerprint density at radius 2 is 2.00 bits per heavy atom. The van der Waals surface area contributed by atoms with Crippen LogP contribution in [0, 0.1) is 13.8 Å². The lowest BCUT2D eigenvalue weighted by molar-refractivity contribution is -0.0822. The number of carbonyl (C=O) groups is 1. The number of Topliss-reactive ketones (excluding diaryl/α,β-unsaturated/α-hetero) is 1. The van der Waals surface area contributed by atoms with Gasteiger partial charge in [0.05, 0.1) is 0 Å². The molecule has 3 heteroatoms. The minimum absolute atomic E-state index is 0.107. The van der Waals surface area contributed by atoms with E-state index < -0.39 is 5.60 Å². The molecule has 3 nitrogen and oxygen atoms in total. The van der Waals surface area contributed by atoms with Crippen molar-refractivity contribution < 1.29 is 14.3 Å². The normalized spacial score (nSPS) is 18.3. The fraction of sp³-hybridized carbons (Fsp3) is 0.562. The summed E-state index contributed by atoms with van der Waals surface area (Å²) in [5.41, 5.74) is 2.29. The predicted molar refractivity (Wildman–Crippen MR) is 74.7 cm³/mol. The van der Waals surface area contributed by atoms with Gasteiger partial charge in [0.2, 0.25) is 0 Å². The van der Waals surface area contributed by atoms with Crippen LogP contribution in [0.2, 0.25) is 0 Å². The molecule has 104 valence electrons. The molecule has 0 saturated carbocycles. The molecule has 1 aromatic carbocycles. The average Bonchev–Trinajstić information content (AvgIpc) is 2.39. The summed E-state index contributed by atoms with van der Waals surface area (Å²) in [7, 11) is 0. The zero-order chi connectivity index (χ0) is 13.9. The number of benzene rings is 1. The van der Waals surface area contributed by atoms with E-state index >= 15 is 0 Å². The van der Waals surface area contributed by atoms with E-state index in [1.54, 1.807) is 0 Å². The Balaban J connectivity index is 2.33. The molecule has 19 heavy (non-hydrogen) atoms. The second-order valence-corrected chi connectivity index (χ2v) is 5.19. The molecule has 0 atom stereocenters. The highest BCUT2D eigenvalue weighted by Crippen LogP contribution is 2.30. The molecule has 1 saturated heterocycles. The van der Waals surface area contributed by atoms with Gasteiger partial charge in [-0.3, -0.25) is 4.79 Å². The molecular weight excluding hydrogens is 240 g/mol. The first-order chi connectivity index (χ1) is 9.09. The largest absolute Gasteiger partial charge is 0.381 e. The van der Waals surface area contributed by atoms with E-state index in [-0.39, 0.29) is 5.78 Å². The van der Waals surface area contributed by atoms with Gasteiger partial charge in [0.25, 0.3) is 0 Å². The number of aryl methyl sites for hydroxylation is 2. The van der Waals surface area contributed by atoms with Crippen molar-refractivity contribution in [1.29, 1.82) is 0 Å². The lowest BCUT2D eigenvalue weighted by Crippen LogP contribution is -2.46. The number of hydrogen-bond acceptors (Lipinski definition) is 3. The van der Waals surface area contributed by atoms with Crippen molar-refractivity contribution in [2.75, 3.05) is 19.8 Å². The molecule has 0 aliphatic carbocycles. The maximum absolute atomic E-state index is 12.9. The molecule has 0 unspecified atom stereocenters. The first-order valence-corrected chi connectivity index (χ1v) is 6.93. The molecule has 1 fully saturated rings. The van der Waals surface area contributed by atoms with Gasteiger partial charge in [-0.25, -0.2) is 0 Å². The SMILES string of the molecule is CCOC1(C(=O)c2ccc(C)cc2C)CCOCC1. The minimum atomic E-state index is -0.687. The van der Waals surface area contributed by atoms with Crippen LogP contribution in [0.5, 0.6) is 0 Å². The lowest BCUT2D eigenvalue weighted by atomic mass is 9.84.